The molecule has 0 bridgehead atoms. The number of rotatable bonds is 0. The third kappa shape index (κ3) is 1.64. The Balaban J connectivity index is 2.30. The normalized spacial score (nSPS) is 11.4. The number of hydrogen-bond donors (Lipinski definition) is 0. The van der Waals surface area contributed by atoms with Crippen LogP contribution in [0.25, 0.3) is 32.3 Å². The van der Waals surface area contributed by atoms with E-state index in [-0.39, 0.29) is 0 Å². The van der Waals surface area contributed by atoms with Gasteiger partial charge >= 0.3 is 0 Å². The standard InChI is InChI=1S/C18H13P/c19-18-11-14-7-3-4-8-15(14)16-9-12-5-1-2-6-13(12)10-17(16)18/h1-11H,19H2. The van der Waals surface area contributed by atoms with Crippen molar-refractivity contribution in [3.8, 4) is 0 Å². The maximum atomic E-state index is 2.87. The third-order valence-corrected chi connectivity index (χ3v) is 4.24. The lowest BCUT2D eigenvalue weighted by molar-refractivity contribution is 1.79. The number of fused-ring (bicyclic) bond motifs is 4. The molecule has 0 N–H and O–H groups in total. The van der Waals surface area contributed by atoms with Crippen LogP contribution in [-0.2, 0) is 0 Å². The molecule has 4 rings (SSSR count). The van der Waals surface area contributed by atoms with Crippen LogP contribution >= 0.6 is 9.24 Å². The molecule has 0 heterocycles. The van der Waals surface area contributed by atoms with E-state index in [1.807, 2.05) is 0 Å². The van der Waals surface area contributed by atoms with E-state index in [9.17, 15) is 0 Å². The van der Waals surface area contributed by atoms with Crippen LogP contribution in [0.15, 0.2) is 66.7 Å². The highest BCUT2D eigenvalue weighted by molar-refractivity contribution is 7.28. The van der Waals surface area contributed by atoms with Crippen LogP contribution < -0.4 is 5.30 Å². The van der Waals surface area contributed by atoms with Crippen LogP contribution in [0.3, 0.4) is 0 Å². The highest BCUT2D eigenvalue weighted by Crippen LogP contribution is 2.29. The molecule has 0 nitrogen and oxygen atoms in total. The summed E-state index contributed by atoms with van der Waals surface area (Å²) in [5.41, 5.74) is 0. The molecule has 0 spiro atoms. The van der Waals surface area contributed by atoms with Crippen LogP contribution in [0, 0.1) is 0 Å². The van der Waals surface area contributed by atoms with E-state index < -0.39 is 0 Å². The predicted octanol–water partition coefficient (Wildman–Crippen LogP) is 4.65. The van der Waals surface area contributed by atoms with Crippen molar-refractivity contribution in [2.45, 2.75) is 0 Å². The van der Waals surface area contributed by atoms with Crippen molar-refractivity contribution in [2.75, 3.05) is 0 Å². The molecule has 90 valence electrons. The van der Waals surface area contributed by atoms with Crippen molar-refractivity contribution < 1.29 is 0 Å². The Labute approximate surface area is 114 Å². The largest absolute Gasteiger partial charge is 0.105 e. The van der Waals surface area contributed by atoms with Crippen LogP contribution in [-0.4, -0.2) is 0 Å². The molecule has 4 aromatic carbocycles. The molecule has 0 aromatic heterocycles. The molecule has 0 aliphatic rings. The molecule has 0 aliphatic carbocycles. The van der Waals surface area contributed by atoms with Gasteiger partial charge in [0.1, 0.15) is 0 Å². The highest BCUT2D eigenvalue weighted by Gasteiger charge is 2.05. The molecule has 0 radical (unpaired) electrons. The lowest BCUT2D eigenvalue weighted by atomic mass is 9.98. The maximum Gasteiger partial charge on any atom is -0.00928 e. The van der Waals surface area contributed by atoms with E-state index in [2.05, 4.69) is 76.0 Å². The first-order chi connectivity index (χ1) is 9.33. The average Bonchev–Trinajstić information content (AvgIpc) is 2.46. The van der Waals surface area contributed by atoms with Gasteiger partial charge in [-0.2, -0.15) is 0 Å². The van der Waals surface area contributed by atoms with Gasteiger partial charge in [-0.05, 0) is 55.8 Å². The summed E-state index contributed by atoms with van der Waals surface area (Å²) in [6, 6.07) is 24.0. The minimum absolute atomic E-state index is 1.26. The van der Waals surface area contributed by atoms with Crippen LogP contribution in [0.4, 0.5) is 0 Å². The third-order valence-electron chi connectivity index (χ3n) is 3.76. The zero-order valence-electron chi connectivity index (χ0n) is 10.4. The zero-order chi connectivity index (χ0) is 12.8. The molecular weight excluding hydrogens is 247 g/mol. The lowest BCUT2D eigenvalue weighted by Gasteiger charge is -2.09. The minimum Gasteiger partial charge on any atom is -0.105 e. The Bertz CT molecular complexity index is 922. The SMILES string of the molecule is Pc1cc2ccccc2c2cc3ccccc3cc12. The Morgan fingerprint density at radius 2 is 1.11 bits per heavy atom. The van der Waals surface area contributed by atoms with Crippen molar-refractivity contribution in [2.24, 2.45) is 0 Å². The highest BCUT2D eigenvalue weighted by atomic mass is 31.0. The van der Waals surface area contributed by atoms with E-state index in [0.717, 1.165) is 0 Å². The quantitative estimate of drug-likeness (QED) is 0.245. The first-order valence-electron chi connectivity index (χ1n) is 6.43. The lowest BCUT2D eigenvalue weighted by Crippen LogP contribution is -1.94. The van der Waals surface area contributed by atoms with Crippen molar-refractivity contribution in [1.29, 1.82) is 0 Å². The van der Waals surface area contributed by atoms with Gasteiger partial charge in [0.15, 0.2) is 0 Å². The smallest absolute Gasteiger partial charge is 0.00928 e. The van der Waals surface area contributed by atoms with Crippen molar-refractivity contribution >= 4 is 46.9 Å². The van der Waals surface area contributed by atoms with Gasteiger partial charge in [0.25, 0.3) is 0 Å². The van der Waals surface area contributed by atoms with Gasteiger partial charge in [0.2, 0.25) is 0 Å². The second kappa shape index (κ2) is 4.05. The molecular formula is C18H13P. The first kappa shape index (κ1) is 11.0. The fourth-order valence-electron chi connectivity index (χ4n) is 2.82. The minimum atomic E-state index is 1.26. The molecule has 1 atom stereocenters. The Kier molecular flexibility index (Phi) is 2.33. The number of hydrogen-bond acceptors (Lipinski definition) is 0. The molecule has 0 amide bonds. The fourth-order valence-corrected chi connectivity index (χ4v) is 3.23. The van der Waals surface area contributed by atoms with Crippen LogP contribution in [0.1, 0.15) is 0 Å². The second-order valence-corrected chi connectivity index (χ2v) is 5.55. The molecule has 0 saturated carbocycles. The van der Waals surface area contributed by atoms with Gasteiger partial charge in [-0.15, -0.1) is 9.24 Å². The Morgan fingerprint density at radius 1 is 0.526 bits per heavy atom. The summed E-state index contributed by atoms with van der Waals surface area (Å²) < 4.78 is 0. The van der Waals surface area contributed by atoms with Gasteiger partial charge in [-0.3, -0.25) is 0 Å². The van der Waals surface area contributed by atoms with E-state index in [1.54, 1.807) is 0 Å². The predicted molar refractivity (Wildman–Crippen MR) is 88.3 cm³/mol. The first-order valence-corrected chi connectivity index (χ1v) is 7.00. The van der Waals surface area contributed by atoms with Gasteiger partial charge in [0.05, 0.1) is 0 Å². The molecule has 0 aliphatic heterocycles. The van der Waals surface area contributed by atoms with E-state index in [4.69, 9.17) is 0 Å². The second-order valence-electron chi connectivity index (χ2n) is 4.93. The molecule has 0 fully saturated rings. The van der Waals surface area contributed by atoms with E-state index >= 15 is 0 Å². The molecule has 4 aromatic rings. The van der Waals surface area contributed by atoms with E-state index in [0.29, 0.717) is 0 Å². The topological polar surface area (TPSA) is 0 Å². The summed E-state index contributed by atoms with van der Waals surface area (Å²) in [6.45, 7) is 0. The summed E-state index contributed by atoms with van der Waals surface area (Å²) in [5, 5.41) is 9.15. The van der Waals surface area contributed by atoms with Gasteiger partial charge in [-0.1, -0.05) is 48.5 Å². The monoisotopic (exact) mass is 260 g/mol. The Hall–Kier alpha value is -1.91. The van der Waals surface area contributed by atoms with Gasteiger partial charge in [-0.25, -0.2) is 0 Å². The van der Waals surface area contributed by atoms with Gasteiger partial charge < -0.3 is 0 Å². The summed E-state index contributed by atoms with van der Waals surface area (Å²) in [6.07, 6.45) is 0. The molecule has 1 heteroatoms. The zero-order valence-corrected chi connectivity index (χ0v) is 11.6. The number of benzene rings is 4. The van der Waals surface area contributed by atoms with Crippen molar-refractivity contribution in [1.82, 2.24) is 0 Å². The van der Waals surface area contributed by atoms with Gasteiger partial charge in [0, 0.05) is 0 Å². The van der Waals surface area contributed by atoms with E-state index in [1.165, 1.54) is 37.6 Å². The molecule has 0 saturated heterocycles. The molecule has 1 unspecified atom stereocenters. The van der Waals surface area contributed by atoms with Crippen molar-refractivity contribution in [3.63, 3.8) is 0 Å². The van der Waals surface area contributed by atoms with Crippen molar-refractivity contribution in [3.05, 3.63) is 66.7 Å². The maximum absolute atomic E-state index is 2.87. The summed E-state index contributed by atoms with van der Waals surface area (Å²) >= 11 is 0. The van der Waals surface area contributed by atoms with Crippen LogP contribution in [0.2, 0.25) is 0 Å². The average molecular weight is 260 g/mol. The summed E-state index contributed by atoms with van der Waals surface area (Å²) in [7, 11) is 2.87. The van der Waals surface area contributed by atoms with Crippen LogP contribution in [0.5, 0.6) is 0 Å². The summed E-state index contributed by atoms with van der Waals surface area (Å²) in [4.78, 5) is 0. The summed E-state index contributed by atoms with van der Waals surface area (Å²) in [5.74, 6) is 0. The Morgan fingerprint density at radius 3 is 1.84 bits per heavy atom. The molecule has 19 heavy (non-hydrogen) atoms. The fraction of sp³-hybridized carbons (Fsp3) is 0.